The number of nitrogens with zero attached hydrogens (tertiary/aromatic N) is 2. The summed E-state index contributed by atoms with van der Waals surface area (Å²) in [6, 6.07) is -0.313. The van der Waals surface area contributed by atoms with Crippen molar-refractivity contribution in [3.05, 3.63) is 11.2 Å². The van der Waals surface area contributed by atoms with Gasteiger partial charge in [-0.2, -0.15) is 5.11 Å². The minimum Gasteiger partial charge on any atom is -0.301 e. The third kappa shape index (κ3) is 1.61. The molecule has 0 saturated heterocycles. The SMILES string of the molecule is O=CC1CC=C(Cl)N=N1. The fourth-order valence-electron chi connectivity index (χ4n) is 0.518. The zero-order valence-electron chi connectivity index (χ0n) is 4.62. The summed E-state index contributed by atoms with van der Waals surface area (Å²) in [6.07, 6.45) is 3.00. The lowest BCUT2D eigenvalue weighted by Gasteiger charge is -2.02. The van der Waals surface area contributed by atoms with Crippen LogP contribution in [0.4, 0.5) is 0 Å². The van der Waals surface area contributed by atoms with E-state index in [4.69, 9.17) is 11.6 Å². The second-order valence-corrected chi connectivity index (χ2v) is 2.07. The van der Waals surface area contributed by atoms with Crippen molar-refractivity contribution >= 4 is 17.9 Å². The van der Waals surface area contributed by atoms with Crippen molar-refractivity contribution in [3.8, 4) is 0 Å². The molecule has 48 valence electrons. The zero-order chi connectivity index (χ0) is 6.69. The summed E-state index contributed by atoms with van der Waals surface area (Å²) in [5.74, 6) is 0. The molecule has 0 radical (unpaired) electrons. The molecule has 4 heteroatoms. The molecule has 0 spiro atoms. The van der Waals surface area contributed by atoms with Crippen LogP contribution in [-0.2, 0) is 4.79 Å². The fraction of sp³-hybridized carbons (Fsp3) is 0.400. The molecule has 0 saturated carbocycles. The Morgan fingerprint density at radius 2 is 2.67 bits per heavy atom. The highest BCUT2D eigenvalue weighted by Crippen LogP contribution is 2.13. The van der Waals surface area contributed by atoms with Crippen molar-refractivity contribution < 1.29 is 4.79 Å². The van der Waals surface area contributed by atoms with E-state index in [2.05, 4.69) is 10.2 Å². The quantitative estimate of drug-likeness (QED) is 0.406. The van der Waals surface area contributed by atoms with Gasteiger partial charge in [-0.25, -0.2) is 0 Å². The van der Waals surface area contributed by atoms with E-state index in [0.717, 1.165) is 6.29 Å². The van der Waals surface area contributed by atoms with Crippen LogP contribution in [0, 0.1) is 0 Å². The molecule has 0 aliphatic carbocycles. The van der Waals surface area contributed by atoms with Gasteiger partial charge >= 0.3 is 0 Å². The normalized spacial score (nSPS) is 25.4. The Bertz CT molecular complexity index is 176. The third-order valence-corrected chi connectivity index (χ3v) is 1.22. The number of azo groups is 1. The predicted molar refractivity (Wildman–Crippen MR) is 33.3 cm³/mol. The molecule has 9 heavy (non-hydrogen) atoms. The van der Waals surface area contributed by atoms with E-state index in [1.807, 2.05) is 0 Å². The summed E-state index contributed by atoms with van der Waals surface area (Å²) in [7, 11) is 0. The highest BCUT2D eigenvalue weighted by Gasteiger charge is 2.07. The van der Waals surface area contributed by atoms with Crippen molar-refractivity contribution in [2.45, 2.75) is 12.5 Å². The molecule has 0 aromatic carbocycles. The smallest absolute Gasteiger partial charge is 0.147 e. The zero-order valence-corrected chi connectivity index (χ0v) is 5.38. The second kappa shape index (κ2) is 2.73. The molecular formula is C5H5ClN2O. The Kier molecular flexibility index (Phi) is 1.95. The van der Waals surface area contributed by atoms with E-state index in [0.29, 0.717) is 11.6 Å². The van der Waals surface area contributed by atoms with Gasteiger partial charge < -0.3 is 4.79 Å². The fourth-order valence-corrected chi connectivity index (χ4v) is 0.651. The Balaban J connectivity index is 2.58. The van der Waals surface area contributed by atoms with Gasteiger partial charge in [0.1, 0.15) is 17.5 Å². The van der Waals surface area contributed by atoms with Crippen molar-refractivity contribution in [1.29, 1.82) is 0 Å². The number of carbonyl (C=O) groups is 1. The molecule has 0 fully saturated rings. The molecule has 1 atom stereocenters. The molecule has 0 N–H and O–H groups in total. The van der Waals surface area contributed by atoms with Crippen LogP contribution in [-0.4, -0.2) is 12.3 Å². The maximum Gasteiger partial charge on any atom is 0.147 e. The molecule has 0 aromatic rings. The van der Waals surface area contributed by atoms with Gasteiger partial charge in [0.15, 0.2) is 0 Å². The van der Waals surface area contributed by atoms with Crippen LogP contribution in [0.2, 0.25) is 0 Å². The van der Waals surface area contributed by atoms with Gasteiger partial charge in [-0.15, -0.1) is 5.11 Å². The van der Waals surface area contributed by atoms with Crippen molar-refractivity contribution in [1.82, 2.24) is 0 Å². The standard InChI is InChI=1S/C5H5ClN2O/c6-5-2-1-4(3-9)7-8-5/h2-4H,1H2. The van der Waals surface area contributed by atoms with Gasteiger partial charge in [-0.05, 0) is 12.5 Å². The van der Waals surface area contributed by atoms with Gasteiger partial charge in [0.25, 0.3) is 0 Å². The number of hydrogen-bond donors (Lipinski definition) is 0. The molecule has 0 aromatic heterocycles. The maximum atomic E-state index is 10.0. The number of hydrogen-bond acceptors (Lipinski definition) is 3. The van der Waals surface area contributed by atoms with Crippen LogP contribution in [0.1, 0.15) is 6.42 Å². The van der Waals surface area contributed by atoms with E-state index in [1.54, 1.807) is 6.08 Å². The summed E-state index contributed by atoms with van der Waals surface area (Å²) in [6.45, 7) is 0. The molecule has 1 aliphatic heterocycles. The average molecular weight is 145 g/mol. The van der Waals surface area contributed by atoms with E-state index in [-0.39, 0.29) is 6.04 Å². The van der Waals surface area contributed by atoms with Gasteiger partial charge in [0.2, 0.25) is 0 Å². The van der Waals surface area contributed by atoms with Crippen molar-refractivity contribution in [2.24, 2.45) is 10.2 Å². The Morgan fingerprint density at radius 1 is 1.89 bits per heavy atom. The first-order valence-corrected chi connectivity index (χ1v) is 2.92. The van der Waals surface area contributed by atoms with Crippen LogP contribution in [0.15, 0.2) is 21.5 Å². The molecule has 1 aliphatic rings. The highest BCUT2D eigenvalue weighted by molar-refractivity contribution is 6.29. The van der Waals surface area contributed by atoms with Crippen LogP contribution in [0.3, 0.4) is 0 Å². The topological polar surface area (TPSA) is 41.8 Å². The van der Waals surface area contributed by atoms with Crippen LogP contribution < -0.4 is 0 Å². The summed E-state index contributed by atoms with van der Waals surface area (Å²) >= 11 is 5.42. The summed E-state index contributed by atoms with van der Waals surface area (Å²) in [4.78, 5) is 10.0. The van der Waals surface area contributed by atoms with Gasteiger partial charge in [0, 0.05) is 0 Å². The average Bonchev–Trinajstić information content (AvgIpc) is 1.90. The largest absolute Gasteiger partial charge is 0.301 e. The summed E-state index contributed by atoms with van der Waals surface area (Å²) < 4.78 is 0. The van der Waals surface area contributed by atoms with Crippen LogP contribution in [0.5, 0.6) is 0 Å². The van der Waals surface area contributed by atoms with Gasteiger partial charge in [-0.1, -0.05) is 11.6 Å². The minimum absolute atomic E-state index is 0.313. The number of rotatable bonds is 1. The molecule has 0 bridgehead atoms. The first kappa shape index (κ1) is 6.42. The van der Waals surface area contributed by atoms with Crippen LogP contribution in [0.25, 0.3) is 0 Å². The van der Waals surface area contributed by atoms with Crippen molar-refractivity contribution in [2.75, 3.05) is 0 Å². The lowest BCUT2D eigenvalue weighted by atomic mass is 10.2. The minimum atomic E-state index is -0.313. The van der Waals surface area contributed by atoms with E-state index >= 15 is 0 Å². The Hall–Kier alpha value is -0.700. The molecule has 1 rings (SSSR count). The van der Waals surface area contributed by atoms with Crippen molar-refractivity contribution in [3.63, 3.8) is 0 Å². The number of aldehydes is 1. The third-order valence-electron chi connectivity index (χ3n) is 0.986. The first-order valence-electron chi connectivity index (χ1n) is 2.54. The summed E-state index contributed by atoms with van der Waals surface area (Å²) in [5.41, 5.74) is 0. The molecule has 0 amide bonds. The van der Waals surface area contributed by atoms with E-state index in [1.165, 1.54) is 0 Å². The Labute approximate surface area is 57.4 Å². The molecule has 1 heterocycles. The lowest BCUT2D eigenvalue weighted by Crippen LogP contribution is -2.05. The highest BCUT2D eigenvalue weighted by atomic mass is 35.5. The molecule has 1 unspecified atom stereocenters. The number of halogens is 1. The Morgan fingerprint density at radius 3 is 3.11 bits per heavy atom. The monoisotopic (exact) mass is 144 g/mol. The summed E-state index contributed by atoms with van der Waals surface area (Å²) in [5, 5.41) is 7.46. The first-order chi connectivity index (χ1) is 4.33. The van der Waals surface area contributed by atoms with Crippen LogP contribution >= 0.6 is 11.6 Å². The van der Waals surface area contributed by atoms with Gasteiger partial charge in [0.05, 0.1) is 0 Å². The maximum absolute atomic E-state index is 10.0. The van der Waals surface area contributed by atoms with E-state index < -0.39 is 0 Å². The molecule has 3 nitrogen and oxygen atoms in total. The number of carbonyl (C=O) groups excluding carboxylic acids is 1. The predicted octanol–water partition coefficient (Wildman–Crippen LogP) is 1.49. The lowest BCUT2D eigenvalue weighted by molar-refractivity contribution is -0.108. The van der Waals surface area contributed by atoms with Gasteiger partial charge in [-0.3, -0.25) is 0 Å². The second-order valence-electron chi connectivity index (χ2n) is 1.68. The molecular weight excluding hydrogens is 140 g/mol. The van der Waals surface area contributed by atoms with E-state index in [9.17, 15) is 4.79 Å².